The molecule has 0 radical (unpaired) electrons. The summed E-state index contributed by atoms with van der Waals surface area (Å²) in [6.45, 7) is 0. The first-order valence-corrected chi connectivity index (χ1v) is 5.97. The van der Waals surface area contributed by atoms with Gasteiger partial charge in [0.15, 0.2) is 0 Å². The highest BCUT2D eigenvalue weighted by Crippen LogP contribution is 2.18. The maximum Gasteiger partial charge on any atom is 0.219 e. The van der Waals surface area contributed by atoms with E-state index in [9.17, 15) is 8.42 Å². The van der Waals surface area contributed by atoms with Crippen molar-refractivity contribution in [2.75, 3.05) is 5.73 Å². The quantitative estimate of drug-likeness (QED) is 0.835. The lowest BCUT2D eigenvalue weighted by molar-refractivity contribution is 0.595. The number of nitrogen functional groups attached to an aromatic ring is 1. The summed E-state index contributed by atoms with van der Waals surface area (Å²) in [6.07, 6.45) is 2.40. The van der Waals surface area contributed by atoms with Crippen LogP contribution in [0.25, 0.3) is 0 Å². The molecule has 1 aromatic carbocycles. The zero-order chi connectivity index (χ0) is 11.6. The van der Waals surface area contributed by atoms with Gasteiger partial charge in [-0.05, 0) is 12.1 Å². The fourth-order valence-electron chi connectivity index (χ4n) is 1.20. The third kappa shape index (κ3) is 1.87. The number of aromatic nitrogens is 2. The van der Waals surface area contributed by atoms with Crippen LogP contribution in [0.2, 0.25) is 0 Å². The molecule has 0 spiro atoms. The Morgan fingerprint density at radius 1 is 0.938 bits per heavy atom. The molecule has 0 amide bonds. The average Bonchev–Trinajstić information content (AvgIpc) is 2.31. The molecule has 0 aliphatic rings. The fraction of sp³-hybridized carbons (Fsp3) is 0. The van der Waals surface area contributed by atoms with E-state index in [4.69, 9.17) is 5.73 Å². The van der Waals surface area contributed by atoms with Gasteiger partial charge in [-0.3, -0.25) is 0 Å². The highest BCUT2D eigenvalue weighted by Gasteiger charge is 2.17. The Bertz CT molecular complexity index is 579. The minimum atomic E-state index is -3.54. The molecule has 0 aliphatic heterocycles. The molecule has 0 bridgehead atoms. The Balaban J connectivity index is 2.52. The van der Waals surface area contributed by atoms with Crippen LogP contribution in [0.4, 0.5) is 5.95 Å². The van der Waals surface area contributed by atoms with E-state index in [1.54, 1.807) is 18.2 Å². The third-order valence-corrected chi connectivity index (χ3v) is 3.74. The molecule has 0 saturated carbocycles. The summed E-state index contributed by atoms with van der Waals surface area (Å²) < 4.78 is 24.0. The van der Waals surface area contributed by atoms with Crippen molar-refractivity contribution in [2.24, 2.45) is 0 Å². The number of anilines is 1. The van der Waals surface area contributed by atoms with Crippen molar-refractivity contribution in [1.82, 2.24) is 9.97 Å². The number of nitrogens with two attached hydrogens (primary N) is 1. The second kappa shape index (κ2) is 3.90. The van der Waals surface area contributed by atoms with Gasteiger partial charge < -0.3 is 5.73 Å². The summed E-state index contributed by atoms with van der Waals surface area (Å²) in [6, 6.07) is 8.10. The summed E-state index contributed by atoms with van der Waals surface area (Å²) in [7, 11) is -3.54. The molecule has 0 atom stereocenters. The van der Waals surface area contributed by atoms with Crippen LogP contribution < -0.4 is 5.73 Å². The van der Waals surface area contributed by atoms with Gasteiger partial charge in [-0.1, -0.05) is 18.2 Å². The molecule has 0 saturated heterocycles. The lowest BCUT2D eigenvalue weighted by atomic mass is 10.4. The SMILES string of the molecule is Nc1ncc(S(=O)(=O)c2ccccc2)cn1. The van der Waals surface area contributed by atoms with Gasteiger partial charge in [-0.25, -0.2) is 18.4 Å². The lowest BCUT2D eigenvalue weighted by Gasteiger charge is -2.03. The third-order valence-electron chi connectivity index (χ3n) is 2.01. The molecule has 1 aromatic heterocycles. The zero-order valence-corrected chi connectivity index (χ0v) is 9.05. The molecule has 0 aliphatic carbocycles. The molecular weight excluding hydrogens is 226 g/mol. The van der Waals surface area contributed by atoms with Crippen LogP contribution in [-0.2, 0) is 9.84 Å². The van der Waals surface area contributed by atoms with Crippen LogP contribution >= 0.6 is 0 Å². The van der Waals surface area contributed by atoms with E-state index in [0.717, 1.165) is 0 Å². The van der Waals surface area contributed by atoms with Crippen molar-refractivity contribution in [3.63, 3.8) is 0 Å². The predicted molar refractivity (Wildman–Crippen MR) is 58.3 cm³/mol. The molecule has 5 nitrogen and oxygen atoms in total. The zero-order valence-electron chi connectivity index (χ0n) is 8.24. The molecule has 0 unspecified atom stereocenters. The lowest BCUT2D eigenvalue weighted by Crippen LogP contribution is -2.04. The van der Waals surface area contributed by atoms with Gasteiger partial charge in [-0.2, -0.15) is 0 Å². The second-order valence-electron chi connectivity index (χ2n) is 3.09. The molecule has 0 fully saturated rings. The number of hydrogen-bond acceptors (Lipinski definition) is 5. The summed E-state index contributed by atoms with van der Waals surface area (Å²) in [5, 5.41) is 0. The van der Waals surface area contributed by atoms with Gasteiger partial charge in [0.05, 0.1) is 17.3 Å². The fourth-order valence-corrected chi connectivity index (χ4v) is 2.37. The first kappa shape index (κ1) is 10.6. The smallest absolute Gasteiger partial charge is 0.219 e. The Morgan fingerprint density at radius 3 is 2.06 bits per heavy atom. The van der Waals surface area contributed by atoms with E-state index in [2.05, 4.69) is 9.97 Å². The van der Waals surface area contributed by atoms with Crippen molar-refractivity contribution >= 4 is 15.8 Å². The molecule has 16 heavy (non-hydrogen) atoms. The van der Waals surface area contributed by atoms with Gasteiger partial charge in [-0.15, -0.1) is 0 Å². The number of sulfone groups is 1. The van der Waals surface area contributed by atoms with Crippen LogP contribution in [0, 0.1) is 0 Å². The van der Waals surface area contributed by atoms with Crippen molar-refractivity contribution < 1.29 is 8.42 Å². The van der Waals surface area contributed by atoms with Crippen molar-refractivity contribution in [2.45, 2.75) is 9.79 Å². The summed E-state index contributed by atoms with van der Waals surface area (Å²) in [4.78, 5) is 7.56. The summed E-state index contributed by atoms with van der Waals surface area (Å²) >= 11 is 0. The number of hydrogen-bond donors (Lipinski definition) is 1. The number of benzene rings is 1. The molecule has 82 valence electrons. The Labute approximate surface area is 92.9 Å². The molecule has 1 heterocycles. The van der Waals surface area contributed by atoms with E-state index < -0.39 is 9.84 Å². The minimum Gasteiger partial charge on any atom is -0.368 e. The highest BCUT2D eigenvalue weighted by molar-refractivity contribution is 7.91. The largest absolute Gasteiger partial charge is 0.368 e. The second-order valence-corrected chi connectivity index (χ2v) is 5.04. The van der Waals surface area contributed by atoms with Gasteiger partial charge in [0.1, 0.15) is 4.90 Å². The molecule has 6 heteroatoms. The van der Waals surface area contributed by atoms with E-state index in [0.29, 0.717) is 0 Å². The topological polar surface area (TPSA) is 85.9 Å². The summed E-state index contributed by atoms with van der Waals surface area (Å²) in [5.41, 5.74) is 5.29. The van der Waals surface area contributed by atoms with Crippen LogP contribution in [0.15, 0.2) is 52.5 Å². The Kier molecular flexibility index (Phi) is 2.57. The van der Waals surface area contributed by atoms with E-state index in [1.807, 2.05) is 0 Å². The summed E-state index contributed by atoms with van der Waals surface area (Å²) in [5.74, 6) is 0.0482. The van der Waals surface area contributed by atoms with Crippen LogP contribution in [0.5, 0.6) is 0 Å². The Hall–Kier alpha value is -1.95. The highest BCUT2D eigenvalue weighted by atomic mass is 32.2. The van der Waals surface area contributed by atoms with Gasteiger partial charge in [0.25, 0.3) is 0 Å². The average molecular weight is 235 g/mol. The molecule has 2 rings (SSSR count). The van der Waals surface area contributed by atoms with E-state index in [-0.39, 0.29) is 15.7 Å². The predicted octanol–water partition coefficient (Wildman–Crippen LogP) is 0.892. The van der Waals surface area contributed by atoms with Gasteiger partial charge in [0.2, 0.25) is 15.8 Å². The van der Waals surface area contributed by atoms with Crippen LogP contribution in [0.3, 0.4) is 0 Å². The first-order valence-electron chi connectivity index (χ1n) is 4.48. The maximum absolute atomic E-state index is 12.0. The first-order chi connectivity index (χ1) is 7.60. The van der Waals surface area contributed by atoms with Gasteiger partial charge in [0, 0.05) is 0 Å². The maximum atomic E-state index is 12.0. The normalized spacial score (nSPS) is 11.2. The number of nitrogens with zero attached hydrogens (tertiary/aromatic N) is 2. The van der Waals surface area contributed by atoms with Crippen LogP contribution in [-0.4, -0.2) is 18.4 Å². The molecular formula is C10H9N3O2S. The van der Waals surface area contributed by atoms with Crippen molar-refractivity contribution in [3.05, 3.63) is 42.7 Å². The Morgan fingerprint density at radius 2 is 1.50 bits per heavy atom. The minimum absolute atomic E-state index is 0.0351. The van der Waals surface area contributed by atoms with Crippen LogP contribution in [0.1, 0.15) is 0 Å². The monoisotopic (exact) mass is 235 g/mol. The molecule has 2 aromatic rings. The molecule has 2 N–H and O–H groups in total. The standard InChI is InChI=1S/C10H9N3O2S/c11-10-12-6-9(7-13-10)16(14,15)8-4-2-1-3-5-8/h1-7H,(H2,11,12,13). The van der Waals surface area contributed by atoms with Gasteiger partial charge >= 0.3 is 0 Å². The van der Waals surface area contributed by atoms with E-state index in [1.165, 1.54) is 24.5 Å². The van der Waals surface area contributed by atoms with Crippen molar-refractivity contribution in [3.8, 4) is 0 Å². The van der Waals surface area contributed by atoms with E-state index >= 15 is 0 Å². The number of rotatable bonds is 2. The van der Waals surface area contributed by atoms with Crippen molar-refractivity contribution in [1.29, 1.82) is 0 Å².